The van der Waals surface area contributed by atoms with Crippen LogP contribution < -0.4 is 0 Å². The molecular weight excluding hydrogens is 302 g/mol. The number of ether oxygens (including phenoxy) is 1. The fraction of sp³-hybridized carbons (Fsp3) is 0.750. The summed E-state index contributed by atoms with van der Waals surface area (Å²) in [5.74, 6) is 0.737. The van der Waals surface area contributed by atoms with Crippen LogP contribution in [0.15, 0.2) is 4.90 Å². The van der Waals surface area contributed by atoms with Crippen molar-refractivity contribution in [3.63, 3.8) is 0 Å². The molecule has 1 aliphatic rings. The van der Waals surface area contributed by atoms with Crippen LogP contribution in [0.1, 0.15) is 24.2 Å². The number of rotatable bonds is 8. The summed E-state index contributed by atoms with van der Waals surface area (Å²) in [5.41, 5.74) is 0.862. The van der Waals surface area contributed by atoms with E-state index in [1.54, 1.807) is 14.0 Å². The van der Waals surface area contributed by atoms with Gasteiger partial charge in [-0.2, -0.15) is 9.40 Å². The van der Waals surface area contributed by atoms with Crippen molar-refractivity contribution < 1.29 is 13.2 Å². The minimum atomic E-state index is -3.58. The molecule has 0 unspecified atom stereocenters. The second-order valence-corrected chi connectivity index (χ2v) is 7.35. The average Bonchev–Trinajstić information content (AvgIpc) is 3.15. The number of alkyl halides is 1. The smallest absolute Gasteiger partial charge is 0.246 e. The maximum atomic E-state index is 12.5. The lowest BCUT2D eigenvalue weighted by Gasteiger charge is -2.17. The number of hydrogen-bond donors (Lipinski definition) is 1. The Bertz CT molecular complexity index is 554. The predicted octanol–water partition coefficient (Wildman–Crippen LogP) is 1.50. The van der Waals surface area contributed by atoms with Crippen molar-refractivity contribution in [1.82, 2.24) is 14.5 Å². The van der Waals surface area contributed by atoms with Crippen molar-refractivity contribution in [3.8, 4) is 0 Å². The monoisotopic (exact) mass is 321 g/mol. The molecular formula is C12H20ClN3O3S. The highest BCUT2D eigenvalue weighted by molar-refractivity contribution is 7.89. The molecule has 20 heavy (non-hydrogen) atoms. The number of aryl methyl sites for hydroxylation is 1. The molecule has 1 aliphatic carbocycles. The van der Waals surface area contributed by atoms with E-state index in [4.69, 9.17) is 16.3 Å². The minimum Gasteiger partial charge on any atom is -0.380 e. The van der Waals surface area contributed by atoms with E-state index in [1.807, 2.05) is 0 Å². The SMILES string of the molecule is Cc1[nH]nc(CCl)c1S(=O)(=O)N(C)CCOCC1CC1. The third-order valence-corrected chi connectivity index (χ3v) is 5.67. The lowest BCUT2D eigenvalue weighted by atomic mass is 10.4. The van der Waals surface area contributed by atoms with Gasteiger partial charge in [0.1, 0.15) is 4.90 Å². The van der Waals surface area contributed by atoms with Crippen molar-refractivity contribution in [2.75, 3.05) is 26.8 Å². The lowest BCUT2D eigenvalue weighted by Crippen LogP contribution is -2.31. The zero-order valence-corrected chi connectivity index (χ0v) is 13.3. The van der Waals surface area contributed by atoms with Crippen molar-refractivity contribution in [2.45, 2.75) is 30.5 Å². The van der Waals surface area contributed by atoms with E-state index in [-0.39, 0.29) is 10.8 Å². The first kappa shape index (κ1) is 15.8. The normalized spacial score (nSPS) is 16.0. The van der Waals surface area contributed by atoms with Gasteiger partial charge < -0.3 is 4.74 Å². The summed E-state index contributed by atoms with van der Waals surface area (Å²) in [5, 5.41) is 6.58. The standard InChI is InChI=1S/C12H20ClN3O3S/c1-9-12(11(7-13)15-14-9)20(17,18)16(2)5-6-19-8-10-3-4-10/h10H,3-8H2,1-2H3,(H,14,15). The quantitative estimate of drug-likeness (QED) is 0.581. The minimum absolute atomic E-state index is 0.0604. The van der Waals surface area contributed by atoms with Gasteiger partial charge in [0, 0.05) is 20.2 Å². The second kappa shape index (κ2) is 6.43. The summed E-state index contributed by atoms with van der Waals surface area (Å²) >= 11 is 5.73. The highest BCUT2D eigenvalue weighted by Gasteiger charge is 2.28. The molecule has 1 aromatic heterocycles. The van der Waals surface area contributed by atoms with Crippen LogP contribution in [0, 0.1) is 12.8 Å². The van der Waals surface area contributed by atoms with Crippen LogP contribution in [0.4, 0.5) is 0 Å². The predicted molar refractivity (Wildman–Crippen MR) is 76.2 cm³/mol. The first-order valence-electron chi connectivity index (χ1n) is 6.60. The van der Waals surface area contributed by atoms with E-state index in [2.05, 4.69) is 10.2 Å². The first-order chi connectivity index (χ1) is 9.46. The molecule has 0 aliphatic heterocycles. The molecule has 2 rings (SSSR count). The Kier molecular flexibility index (Phi) is 5.06. The summed E-state index contributed by atoms with van der Waals surface area (Å²) in [4.78, 5) is 0.178. The maximum absolute atomic E-state index is 12.5. The van der Waals surface area contributed by atoms with Crippen LogP contribution in [-0.2, 0) is 20.6 Å². The van der Waals surface area contributed by atoms with E-state index < -0.39 is 10.0 Å². The molecule has 0 bridgehead atoms. The Labute approximate surface area is 124 Å². The molecule has 114 valence electrons. The summed E-state index contributed by atoms with van der Waals surface area (Å²) in [6, 6.07) is 0. The van der Waals surface area contributed by atoms with Gasteiger partial charge in [0.2, 0.25) is 10.0 Å². The molecule has 1 N–H and O–H groups in total. The molecule has 0 amide bonds. The Morgan fingerprint density at radius 1 is 1.50 bits per heavy atom. The Morgan fingerprint density at radius 3 is 2.80 bits per heavy atom. The van der Waals surface area contributed by atoms with Crippen LogP contribution in [0.2, 0.25) is 0 Å². The Morgan fingerprint density at radius 2 is 2.20 bits per heavy atom. The number of aromatic nitrogens is 2. The molecule has 0 aromatic carbocycles. The summed E-state index contributed by atoms with van der Waals surface area (Å²) in [6.07, 6.45) is 2.45. The topological polar surface area (TPSA) is 75.3 Å². The zero-order valence-electron chi connectivity index (χ0n) is 11.7. The molecule has 1 saturated carbocycles. The molecule has 0 atom stereocenters. The van der Waals surface area contributed by atoms with E-state index in [0.717, 1.165) is 6.61 Å². The second-order valence-electron chi connectivity index (χ2n) is 5.10. The Hall–Kier alpha value is -0.630. The van der Waals surface area contributed by atoms with Crippen LogP contribution in [0.5, 0.6) is 0 Å². The van der Waals surface area contributed by atoms with Gasteiger partial charge in [-0.3, -0.25) is 5.10 Å². The van der Waals surface area contributed by atoms with E-state index in [0.29, 0.717) is 30.5 Å². The van der Waals surface area contributed by atoms with Crippen LogP contribution in [0.25, 0.3) is 0 Å². The summed E-state index contributed by atoms with van der Waals surface area (Å²) in [6.45, 7) is 3.12. The molecule has 0 radical (unpaired) electrons. The number of halogens is 1. The fourth-order valence-electron chi connectivity index (χ4n) is 1.91. The van der Waals surface area contributed by atoms with Crippen LogP contribution >= 0.6 is 11.6 Å². The van der Waals surface area contributed by atoms with Crippen molar-refractivity contribution >= 4 is 21.6 Å². The maximum Gasteiger partial charge on any atom is 0.246 e. The van der Waals surface area contributed by atoms with Crippen LogP contribution in [0.3, 0.4) is 0 Å². The number of sulfonamides is 1. The largest absolute Gasteiger partial charge is 0.380 e. The van der Waals surface area contributed by atoms with Crippen molar-refractivity contribution in [3.05, 3.63) is 11.4 Å². The van der Waals surface area contributed by atoms with Gasteiger partial charge in [0.25, 0.3) is 0 Å². The summed E-state index contributed by atoms with van der Waals surface area (Å²) < 4.78 is 31.7. The van der Waals surface area contributed by atoms with Gasteiger partial charge in [0.15, 0.2) is 0 Å². The molecule has 1 fully saturated rings. The first-order valence-corrected chi connectivity index (χ1v) is 8.58. The molecule has 8 heteroatoms. The van der Waals surface area contributed by atoms with Crippen molar-refractivity contribution in [1.29, 1.82) is 0 Å². The fourth-order valence-corrected chi connectivity index (χ4v) is 3.65. The van der Waals surface area contributed by atoms with E-state index in [9.17, 15) is 8.42 Å². The Balaban J connectivity index is 1.98. The number of hydrogen-bond acceptors (Lipinski definition) is 4. The van der Waals surface area contributed by atoms with Gasteiger partial charge in [-0.25, -0.2) is 8.42 Å². The van der Waals surface area contributed by atoms with Gasteiger partial charge >= 0.3 is 0 Å². The van der Waals surface area contributed by atoms with E-state index >= 15 is 0 Å². The third kappa shape index (κ3) is 3.52. The molecule has 1 aromatic rings. The van der Waals surface area contributed by atoms with Crippen LogP contribution in [-0.4, -0.2) is 49.7 Å². The molecule has 6 nitrogen and oxygen atoms in total. The van der Waals surface area contributed by atoms with Gasteiger partial charge in [0.05, 0.1) is 23.9 Å². The van der Waals surface area contributed by atoms with Gasteiger partial charge in [-0.05, 0) is 25.7 Å². The third-order valence-electron chi connectivity index (χ3n) is 3.36. The molecule has 1 heterocycles. The lowest BCUT2D eigenvalue weighted by molar-refractivity contribution is 0.117. The zero-order chi connectivity index (χ0) is 14.8. The molecule has 0 spiro atoms. The number of nitrogens with zero attached hydrogens (tertiary/aromatic N) is 2. The summed E-state index contributed by atoms with van der Waals surface area (Å²) in [7, 11) is -2.04. The average molecular weight is 322 g/mol. The number of nitrogens with one attached hydrogen (secondary N) is 1. The number of aromatic amines is 1. The highest BCUT2D eigenvalue weighted by atomic mass is 35.5. The number of likely N-dealkylation sites (N-methyl/N-ethyl adjacent to an activating group) is 1. The highest BCUT2D eigenvalue weighted by Crippen LogP contribution is 2.28. The van der Waals surface area contributed by atoms with Gasteiger partial charge in [-0.1, -0.05) is 0 Å². The molecule has 0 saturated heterocycles. The van der Waals surface area contributed by atoms with E-state index in [1.165, 1.54) is 17.1 Å². The number of H-pyrrole nitrogens is 1. The van der Waals surface area contributed by atoms with Crippen molar-refractivity contribution in [2.24, 2.45) is 5.92 Å². The van der Waals surface area contributed by atoms with Gasteiger partial charge in [-0.15, -0.1) is 11.6 Å².